The lowest BCUT2D eigenvalue weighted by molar-refractivity contribution is -0.122. The standard InChI is InChI=1S/C14H18FN3O2/c1-18(10-14(19)17-5-6-20-2)9-12-4-3-11(8-16)7-13(12)15/h3-4,7H,5-6,9-10H2,1-2H3,(H,17,19). The maximum absolute atomic E-state index is 13.7. The fraction of sp³-hybridized carbons (Fsp3) is 0.429. The van der Waals surface area contributed by atoms with E-state index >= 15 is 0 Å². The molecule has 0 heterocycles. The number of carbonyl (C=O) groups is 1. The second-order valence-corrected chi connectivity index (χ2v) is 4.43. The lowest BCUT2D eigenvalue weighted by atomic mass is 10.1. The highest BCUT2D eigenvalue weighted by Gasteiger charge is 2.10. The summed E-state index contributed by atoms with van der Waals surface area (Å²) in [6.45, 7) is 1.38. The molecule has 0 bridgehead atoms. The van der Waals surface area contributed by atoms with Crippen LogP contribution in [-0.2, 0) is 16.1 Å². The van der Waals surface area contributed by atoms with E-state index in [1.54, 1.807) is 31.2 Å². The first-order valence-electron chi connectivity index (χ1n) is 6.19. The summed E-state index contributed by atoms with van der Waals surface area (Å²) < 4.78 is 18.5. The van der Waals surface area contributed by atoms with Crippen molar-refractivity contribution in [3.8, 4) is 6.07 Å². The highest BCUT2D eigenvalue weighted by molar-refractivity contribution is 5.77. The molecule has 1 aromatic rings. The van der Waals surface area contributed by atoms with Crippen molar-refractivity contribution in [3.63, 3.8) is 0 Å². The monoisotopic (exact) mass is 279 g/mol. The van der Waals surface area contributed by atoms with Gasteiger partial charge in [-0.2, -0.15) is 5.26 Å². The van der Waals surface area contributed by atoms with E-state index < -0.39 is 5.82 Å². The van der Waals surface area contributed by atoms with E-state index in [1.165, 1.54) is 6.07 Å². The summed E-state index contributed by atoms with van der Waals surface area (Å²) in [6, 6.07) is 6.20. The van der Waals surface area contributed by atoms with Crippen molar-refractivity contribution >= 4 is 5.91 Å². The highest BCUT2D eigenvalue weighted by atomic mass is 19.1. The molecule has 1 N–H and O–H groups in total. The van der Waals surface area contributed by atoms with Gasteiger partial charge in [0.25, 0.3) is 0 Å². The summed E-state index contributed by atoms with van der Waals surface area (Å²) >= 11 is 0. The molecule has 6 heteroatoms. The van der Waals surface area contributed by atoms with E-state index in [1.807, 2.05) is 6.07 Å². The van der Waals surface area contributed by atoms with E-state index in [2.05, 4.69) is 5.32 Å². The van der Waals surface area contributed by atoms with Gasteiger partial charge in [-0.25, -0.2) is 4.39 Å². The molecular weight excluding hydrogens is 261 g/mol. The minimum atomic E-state index is -0.435. The average molecular weight is 279 g/mol. The molecule has 20 heavy (non-hydrogen) atoms. The van der Waals surface area contributed by atoms with Crippen molar-refractivity contribution in [2.24, 2.45) is 0 Å². The molecule has 0 aliphatic carbocycles. The molecule has 0 aliphatic rings. The number of benzene rings is 1. The van der Waals surface area contributed by atoms with Gasteiger partial charge in [-0.1, -0.05) is 6.07 Å². The predicted molar refractivity (Wildman–Crippen MR) is 72.3 cm³/mol. The Balaban J connectivity index is 2.48. The third-order valence-corrected chi connectivity index (χ3v) is 2.66. The number of methoxy groups -OCH3 is 1. The second kappa shape index (κ2) is 8.25. The minimum Gasteiger partial charge on any atom is -0.383 e. The number of hydrogen-bond acceptors (Lipinski definition) is 4. The molecule has 5 nitrogen and oxygen atoms in total. The van der Waals surface area contributed by atoms with Crippen LogP contribution < -0.4 is 5.32 Å². The number of amides is 1. The summed E-state index contributed by atoms with van der Waals surface area (Å²) in [5.74, 6) is -0.575. The van der Waals surface area contributed by atoms with E-state index in [-0.39, 0.29) is 18.0 Å². The number of nitrogens with zero attached hydrogens (tertiary/aromatic N) is 2. The summed E-state index contributed by atoms with van der Waals surface area (Å²) in [5, 5.41) is 11.4. The van der Waals surface area contributed by atoms with Crippen molar-refractivity contribution in [1.29, 1.82) is 5.26 Å². The van der Waals surface area contributed by atoms with Crippen LogP contribution in [0, 0.1) is 17.1 Å². The predicted octanol–water partition coefficient (Wildman–Crippen LogP) is 0.892. The van der Waals surface area contributed by atoms with Crippen molar-refractivity contribution in [1.82, 2.24) is 10.2 Å². The van der Waals surface area contributed by atoms with Crippen LogP contribution in [0.3, 0.4) is 0 Å². The quantitative estimate of drug-likeness (QED) is 0.753. The largest absolute Gasteiger partial charge is 0.383 e. The van der Waals surface area contributed by atoms with Crippen molar-refractivity contribution in [2.75, 3.05) is 33.9 Å². The molecule has 0 saturated heterocycles. The number of rotatable bonds is 7. The van der Waals surface area contributed by atoms with E-state index in [4.69, 9.17) is 10.00 Å². The first kappa shape index (κ1) is 16.1. The smallest absolute Gasteiger partial charge is 0.234 e. The maximum atomic E-state index is 13.7. The first-order chi connectivity index (χ1) is 9.56. The van der Waals surface area contributed by atoms with Crippen LogP contribution in [0.1, 0.15) is 11.1 Å². The molecule has 0 unspecified atom stereocenters. The summed E-state index contributed by atoms with van der Waals surface area (Å²) in [7, 11) is 3.29. The van der Waals surface area contributed by atoms with Gasteiger partial charge in [-0.3, -0.25) is 9.69 Å². The Morgan fingerprint density at radius 2 is 2.30 bits per heavy atom. The second-order valence-electron chi connectivity index (χ2n) is 4.43. The maximum Gasteiger partial charge on any atom is 0.234 e. The Kier molecular flexibility index (Phi) is 6.64. The van der Waals surface area contributed by atoms with E-state index in [0.717, 1.165) is 0 Å². The number of halogens is 1. The molecule has 0 fully saturated rings. The highest BCUT2D eigenvalue weighted by Crippen LogP contribution is 2.11. The van der Waals surface area contributed by atoms with Crippen LogP contribution in [-0.4, -0.2) is 44.7 Å². The van der Waals surface area contributed by atoms with Gasteiger partial charge in [0.05, 0.1) is 24.8 Å². The molecule has 1 rings (SSSR count). The summed E-state index contributed by atoms with van der Waals surface area (Å²) in [4.78, 5) is 13.3. The Labute approximate surface area is 117 Å². The average Bonchev–Trinajstić information content (AvgIpc) is 2.41. The van der Waals surface area contributed by atoms with Crippen LogP contribution in [0.25, 0.3) is 0 Å². The van der Waals surface area contributed by atoms with Crippen molar-refractivity contribution < 1.29 is 13.9 Å². The van der Waals surface area contributed by atoms with Crippen molar-refractivity contribution in [3.05, 3.63) is 35.1 Å². The molecule has 1 aromatic carbocycles. The SMILES string of the molecule is COCCNC(=O)CN(C)Cc1ccc(C#N)cc1F. The Bertz CT molecular complexity index is 500. The molecule has 108 valence electrons. The zero-order valence-electron chi connectivity index (χ0n) is 11.6. The number of nitrogens with one attached hydrogen (secondary N) is 1. The van der Waals surface area contributed by atoms with Gasteiger partial charge >= 0.3 is 0 Å². The third-order valence-electron chi connectivity index (χ3n) is 2.66. The number of nitriles is 1. The number of carbonyl (C=O) groups excluding carboxylic acids is 1. The molecule has 0 spiro atoms. The normalized spacial score (nSPS) is 10.3. The third kappa shape index (κ3) is 5.34. The summed E-state index contributed by atoms with van der Waals surface area (Å²) in [6.07, 6.45) is 0. The van der Waals surface area contributed by atoms with Gasteiger partial charge in [-0.05, 0) is 19.2 Å². The van der Waals surface area contributed by atoms with Crippen LogP contribution in [0.15, 0.2) is 18.2 Å². The molecule has 0 aliphatic heterocycles. The van der Waals surface area contributed by atoms with Gasteiger partial charge in [-0.15, -0.1) is 0 Å². The molecule has 0 atom stereocenters. The molecule has 1 amide bonds. The molecule has 0 radical (unpaired) electrons. The minimum absolute atomic E-state index is 0.140. The van der Waals surface area contributed by atoms with Gasteiger partial charge in [0, 0.05) is 25.8 Å². The zero-order chi connectivity index (χ0) is 15.0. The zero-order valence-corrected chi connectivity index (χ0v) is 11.6. The van der Waals surface area contributed by atoms with Crippen LogP contribution >= 0.6 is 0 Å². The Hall–Kier alpha value is -1.97. The Morgan fingerprint density at radius 1 is 1.55 bits per heavy atom. The lowest BCUT2D eigenvalue weighted by Crippen LogP contribution is -2.36. The number of hydrogen-bond donors (Lipinski definition) is 1. The molecule has 0 aromatic heterocycles. The fourth-order valence-electron chi connectivity index (χ4n) is 1.69. The van der Waals surface area contributed by atoms with Gasteiger partial charge in [0.15, 0.2) is 0 Å². The Morgan fingerprint density at radius 3 is 2.90 bits per heavy atom. The van der Waals surface area contributed by atoms with Crippen LogP contribution in [0.5, 0.6) is 0 Å². The van der Waals surface area contributed by atoms with Gasteiger partial charge in [0.1, 0.15) is 5.82 Å². The number of ether oxygens (including phenoxy) is 1. The van der Waals surface area contributed by atoms with E-state index in [9.17, 15) is 9.18 Å². The topological polar surface area (TPSA) is 65.4 Å². The van der Waals surface area contributed by atoms with Gasteiger partial charge in [0.2, 0.25) is 5.91 Å². The number of likely N-dealkylation sites (N-methyl/N-ethyl adjacent to an activating group) is 1. The first-order valence-corrected chi connectivity index (χ1v) is 6.19. The van der Waals surface area contributed by atoms with Crippen LogP contribution in [0.4, 0.5) is 4.39 Å². The molecular formula is C14H18FN3O2. The lowest BCUT2D eigenvalue weighted by Gasteiger charge is -2.16. The summed E-state index contributed by atoms with van der Waals surface area (Å²) in [5.41, 5.74) is 0.738. The molecule has 0 saturated carbocycles. The fourth-order valence-corrected chi connectivity index (χ4v) is 1.69. The van der Waals surface area contributed by atoms with Crippen LogP contribution in [0.2, 0.25) is 0 Å². The van der Waals surface area contributed by atoms with E-state index in [0.29, 0.717) is 25.3 Å². The van der Waals surface area contributed by atoms with Gasteiger partial charge < -0.3 is 10.1 Å². The van der Waals surface area contributed by atoms with Crippen molar-refractivity contribution in [2.45, 2.75) is 6.54 Å².